The van der Waals surface area contributed by atoms with Gasteiger partial charge in [-0.2, -0.15) is 0 Å². The van der Waals surface area contributed by atoms with Crippen molar-refractivity contribution < 1.29 is 9.53 Å². The molecule has 2 aromatic rings. The van der Waals surface area contributed by atoms with E-state index in [0.717, 1.165) is 6.42 Å². The van der Waals surface area contributed by atoms with Crippen molar-refractivity contribution >= 4 is 17.6 Å². The Morgan fingerprint density at radius 3 is 2.55 bits per heavy atom. The molecule has 0 saturated heterocycles. The van der Waals surface area contributed by atoms with Crippen molar-refractivity contribution in [3.05, 3.63) is 64.7 Å². The molecule has 0 unspecified atom stereocenters. The van der Waals surface area contributed by atoms with Crippen LogP contribution in [0.5, 0.6) is 5.75 Å². The summed E-state index contributed by atoms with van der Waals surface area (Å²) in [6.45, 7) is 2.75. The molecular formula is C17H19ClN2O2. The molecule has 0 aliphatic heterocycles. The highest BCUT2D eigenvalue weighted by molar-refractivity contribution is 6.30. The van der Waals surface area contributed by atoms with Crippen molar-refractivity contribution in [1.82, 2.24) is 10.6 Å². The summed E-state index contributed by atoms with van der Waals surface area (Å²) < 4.78 is 5.38. The highest BCUT2D eigenvalue weighted by atomic mass is 35.5. The van der Waals surface area contributed by atoms with Crippen molar-refractivity contribution in [3.63, 3.8) is 0 Å². The summed E-state index contributed by atoms with van der Waals surface area (Å²) >= 11 is 5.78. The monoisotopic (exact) mass is 318 g/mol. The number of urea groups is 1. The third kappa shape index (κ3) is 5.30. The van der Waals surface area contributed by atoms with E-state index >= 15 is 0 Å². The Balaban J connectivity index is 1.64. The van der Waals surface area contributed by atoms with Gasteiger partial charge in [0.1, 0.15) is 5.75 Å². The van der Waals surface area contributed by atoms with Crippen molar-refractivity contribution in [3.8, 4) is 5.75 Å². The quantitative estimate of drug-likeness (QED) is 0.801. The molecule has 5 heteroatoms. The van der Waals surface area contributed by atoms with Gasteiger partial charge in [-0.1, -0.05) is 35.9 Å². The van der Waals surface area contributed by atoms with E-state index in [1.54, 1.807) is 24.3 Å². The fourth-order valence-electron chi connectivity index (χ4n) is 1.98. The van der Waals surface area contributed by atoms with Gasteiger partial charge in [-0.25, -0.2) is 4.79 Å². The number of benzene rings is 2. The minimum absolute atomic E-state index is 0.109. The predicted molar refractivity (Wildman–Crippen MR) is 88.4 cm³/mol. The summed E-state index contributed by atoms with van der Waals surface area (Å²) in [5.74, 6) is 0.657. The Labute approximate surface area is 135 Å². The molecule has 0 radical (unpaired) electrons. The highest BCUT2D eigenvalue weighted by Crippen LogP contribution is 2.14. The molecule has 0 aromatic heterocycles. The number of halogens is 1. The summed E-state index contributed by atoms with van der Waals surface area (Å²) in [6, 6.07) is 14.9. The lowest BCUT2D eigenvalue weighted by Crippen LogP contribution is -2.38. The number of carbonyl (C=O) groups excluding carboxylic acids is 1. The summed E-state index contributed by atoms with van der Waals surface area (Å²) in [6.07, 6.45) is 0.804. The van der Waals surface area contributed by atoms with E-state index in [4.69, 9.17) is 16.3 Å². The van der Waals surface area contributed by atoms with Gasteiger partial charge >= 0.3 is 6.03 Å². The number of hydrogen-bond donors (Lipinski definition) is 2. The zero-order valence-electron chi connectivity index (χ0n) is 12.4. The van der Waals surface area contributed by atoms with Crippen LogP contribution < -0.4 is 15.4 Å². The minimum Gasteiger partial charge on any atom is -0.473 e. The standard InChI is InChI=1S/C17H19ClN2O2/c1-13-4-2-3-5-14(13)10-11-19-17(21)20-12-22-16-8-6-15(18)7-9-16/h2-9H,10-12H2,1H3,(H2,19,20,21). The lowest BCUT2D eigenvalue weighted by Gasteiger charge is -2.10. The predicted octanol–water partition coefficient (Wildman–Crippen LogP) is 3.53. The number of carbonyl (C=O) groups is 1. The first-order valence-electron chi connectivity index (χ1n) is 7.10. The van der Waals surface area contributed by atoms with Crippen LogP contribution in [-0.4, -0.2) is 19.3 Å². The van der Waals surface area contributed by atoms with Gasteiger partial charge in [-0.15, -0.1) is 0 Å². The molecule has 0 spiro atoms. The molecule has 2 rings (SSSR count). The van der Waals surface area contributed by atoms with E-state index in [9.17, 15) is 4.79 Å². The zero-order chi connectivity index (χ0) is 15.8. The van der Waals surface area contributed by atoms with E-state index in [-0.39, 0.29) is 12.8 Å². The molecule has 0 fully saturated rings. The Morgan fingerprint density at radius 1 is 1.09 bits per heavy atom. The van der Waals surface area contributed by atoms with E-state index in [1.807, 2.05) is 12.1 Å². The maximum atomic E-state index is 11.6. The summed E-state index contributed by atoms with van der Waals surface area (Å²) in [5, 5.41) is 6.09. The molecule has 2 aromatic carbocycles. The Morgan fingerprint density at radius 2 is 1.82 bits per heavy atom. The van der Waals surface area contributed by atoms with Crippen LogP contribution in [0.2, 0.25) is 5.02 Å². The van der Waals surface area contributed by atoms with Gasteiger partial charge in [0.25, 0.3) is 0 Å². The molecule has 2 N–H and O–H groups in total. The van der Waals surface area contributed by atoms with E-state index in [2.05, 4.69) is 29.7 Å². The van der Waals surface area contributed by atoms with Gasteiger partial charge in [-0.05, 0) is 48.7 Å². The van der Waals surface area contributed by atoms with E-state index < -0.39 is 0 Å². The Kier molecular flexibility index (Phi) is 6.10. The lowest BCUT2D eigenvalue weighted by molar-refractivity contribution is 0.224. The second-order valence-electron chi connectivity index (χ2n) is 4.85. The second kappa shape index (κ2) is 8.29. The summed E-state index contributed by atoms with van der Waals surface area (Å²) in [5.41, 5.74) is 2.47. The molecule has 4 nitrogen and oxygen atoms in total. The average Bonchev–Trinajstić information content (AvgIpc) is 2.51. The number of nitrogens with one attached hydrogen (secondary N) is 2. The average molecular weight is 319 g/mol. The van der Waals surface area contributed by atoms with E-state index in [1.165, 1.54) is 11.1 Å². The maximum absolute atomic E-state index is 11.6. The summed E-state index contributed by atoms with van der Waals surface area (Å²) in [7, 11) is 0. The minimum atomic E-state index is -0.248. The van der Waals surface area contributed by atoms with Crippen LogP contribution in [0.3, 0.4) is 0 Å². The number of aryl methyl sites for hydroxylation is 1. The fraction of sp³-hybridized carbons (Fsp3) is 0.235. The number of hydrogen-bond acceptors (Lipinski definition) is 2. The largest absolute Gasteiger partial charge is 0.473 e. The third-order valence-corrected chi connectivity index (χ3v) is 3.48. The van der Waals surface area contributed by atoms with Crippen LogP contribution in [0, 0.1) is 6.92 Å². The second-order valence-corrected chi connectivity index (χ2v) is 5.29. The zero-order valence-corrected chi connectivity index (χ0v) is 13.2. The summed E-state index contributed by atoms with van der Waals surface area (Å²) in [4.78, 5) is 11.6. The smallest absolute Gasteiger partial charge is 0.317 e. The first-order chi connectivity index (χ1) is 10.6. The van der Waals surface area contributed by atoms with Gasteiger partial charge in [0.15, 0.2) is 6.73 Å². The Bertz CT molecular complexity index is 614. The third-order valence-electron chi connectivity index (χ3n) is 3.23. The van der Waals surface area contributed by atoms with Gasteiger partial charge in [0.2, 0.25) is 0 Å². The Hall–Kier alpha value is -2.20. The molecule has 0 atom stereocenters. The molecule has 0 aliphatic rings. The lowest BCUT2D eigenvalue weighted by atomic mass is 10.1. The molecule has 22 heavy (non-hydrogen) atoms. The first-order valence-corrected chi connectivity index (χ1v) is 7.47. The normalized spacial score (nSPS) is 10.1. The van der Waals surface area contributed by atoms with E-state index in [0.29, 0.717) is 17.3 Å². The van der Waals surface area contributed by atoms with Crippen LogP contribution in [0.15, 0.2) is 48.5 Å². The van der Waals surface area contributed by atoms with Crippen molar-refractivity contribution in [2.24, 2.45) is 0 Å². The van der Waals surface area contributed by atoms with Crippen molar-refractivity contribution in [2.75, 3.05) is 13.3 Å². The van der Waals surface area contributed by atoms with Gasteiger partial charge in [0, 0.05) is 11.6 Å². The molecule has 0 aliphatic carbocycles. The molecule has 0 heterocycles. The van der Waals surface area contributed by atoms with Crippen LogP contribution in [-0.2, 0) is 6.42 Å². The number of rotatable bonds is 6. The van der Waals surface area contributed by atoms with Crippen molar-refractivity contribution in [1.29, 1.82) is 0 Å². The van der Waals surface area contributed by atoms with Crippen LogP contribution in [0.25, 0.3) is 0 Å². The molecular weight excluding hydrogens is 300 g/mol. The first kappa shape index (κ1) is 16.2. The molecule has 2 amide bonds. The van der Waals surface area contributed by atoms with Crippen LogP contribution >= 0.6 is 11.6 Å². The number of ether oxygens (including phenoxy) is 1. The van der Waals surface area contributed by atoms with Crippen LogP contribution in [0.4, 0.5) is 4.79 Å². The van der Waals surface area contributed by atoms with Crippen molar-refractivity contribution in [2.45, 2.75) is 13.3 Å². The maximum Gasteiger partial charge on any atom is 0.317 e. The topological polar surface area (TPSA) is 50.4 Å². The van der Waals surface area contributed by atoms with Gasteiger partial charge in [0.05, 0.1) is 0 Å². The SMILES string of the molecule is Cc1ccccc1CCNC(=O)NCOc1ccc(Cl)cc1. The molecule has 0 bridgehead atoms. The molecule has 116 valence electrons. The van der Waals surface area contributed by atoms with Gasteiger partial charge < -0.3 is 15.4 Å². The highest BCUT2D eigenvalue weighted by Gasteiger charge is 2.01. The fourth-order valence-corrected chi connectivity index (χ4v) is 2.11. The molecule has 0 saturated carbocycles. The van der Waals surface area contributed by atoms with Gasteiger partial charge in [-0.3, -0.25) is 0 Å². The van der Waals surface area contributed by atoms with Crippen LogP contribution in [0.1, 0.15) is 11.1 Å². The number of amides is 2.